The van der Waals surface area contributed by atoms with Gasteiger partial charge in [0.15, 0.2) is 0 Å². The van der Waals surface area contributed by atoms with Crippen molar-refractivity contribution >= 4 is 23.1 Å². The van der Waals surface area contributed by atoms with E-state index in [-0.39, 0.29) is 0 Å². The summed E-state index contributed by atoms with van der Waals surface area (Å²) in [7, 11) is 0. The van der Waals surface area contributed by atoms with Crippen molar-refractivity contribution in [3.63, 3.8) is 0 Å². The summed E-state index contributed by atoms with van der Waals surface area (Å²) >= 11 is 4.10. The highest BCUT2D eigenvalue weighted by Crippen LogP contribution is 2.37. The van der Waals surface area contributed by atoms with Gasteiger partial charge >= 0.3 is 0 Å². The maximum absolute atomic E-state index is 3.77. The highest BCUT2D eigenvalue weighted by molar-refractivity contribution is 8.00. The summed E-state index contributed by atoms with van der Waals surface area (Å²) in [6, 6.07) is 2.84. The number of aryl methyl sites for hydroxylation is 1. The van der Waals surface area contributed by atoms with Crippen LogP contribution in [0.25, 0.3) is 0 Å². The fourth-order valence-electron chi connectivity index (χ4n) is 2.42. The Morgan fingerprint density at radius 3 is 2.94 bits per heavy atom. The van der Waals surface area contributed by atoms with Gasteiger partial charge in [-0.05, 0) is 55.5 Å². The predicted molar refractivity (Wildman–Crippen MR) is 80.2 cm³/mol. The smallest absolute Gasteiger partial charge is 0.0538 e. The van der Waals surface area contributed by atoms with E-state index in [0.29, 0.717) is 6.04 Å². The number of rotatable bonds is 5. The van der Waals surface area contributed by atoms with Gasteiger partial charge < -0.3 is 5.32 Å². The summed E-state index contributed by atoms with van der Waals surface area (Å²) in [5.74, 6) is 1.35. The van der Waals surface area contributed by atoms with Crippen molar-refractivity contribution in [3.8, 4) is 0 Å². The van der Waals surface area contributed by atoms with Crippen LogP contribution in [0.2, 0.25) is 0 Å². The lowest BCUT2D eigenvalue weighted by Crippen LogP contribution is -2.32. The molecule has 0 spiro atoms. The second-order valence-corrected chi connectivity index (χ2v) is 7.10. The number of thiophene rings is 1. The quantitative estimate of drug-likeness (QED) is 0.851. The number of nitrogens with one attached hydrogen (secondary N) is 1. The Labute approximate surface area is 113 Å². The molecular formula is C14H23NS2. The van der Waals surface area contributed by atoms with Crippen molar-refractivity contribution in [2.75, 3.05) is 12.3 Å². The highest BCUT2D eigenvalue weighted by atomic mass is 32.2. The average molecular weight is 269 g/mol. The van der Waals surface area contributed by atoms with E-state index >= 15 is 0 Å². The predicted octanol–water partition coefficient (Wildman–Crippen LogP) is 4.38. The van der Waals surface area contributed by atoms with Crippen LogP contribution in [0, 0.1) is 6.92 Å². The zero-order valence-corrected chi connectivity index (χ0v) is 12.5. The minimum Gasteiger partial charge on any atom is -0.308 e. The lowest BCUT2D eigenvalue weighted by Gasteiger charge is -2.30. The first-order valence-corrected chi connectivity index (χ1v) is 8.64. The fourth-order valence-corrected chi connectivity index (χ4v) is 5.01. The van der Waals surface area contributed by atoms with E-state index in [1.807, 2.05) is 11.3 Å². The molecule has 1 fully saturated rings. The lowest BCUT2D eigenvalue weighted by molar-refractivity contribution is 0.484. The molecule has 0 bridgehead atoms. The normalized spacial score (nSPS) is 22.6. The Balaban J connectivity index is 2.09. The van der Waals surface area contributed by atoms with Crippen molar-refractivity contribution in [2.45, 2.75) is 50.8 Å². The van der Waals surface area contributed by atoms with Crippen molar-refractivity contribution in [1.29, 1.82) is 0 Å². The van der Waals surface area contributed by atoms with Gasteiger partial charge in [0, 0.05) is 10.1 Å². The first kappa shape index (κ1) is 13.4. The van der Waals surface area contributed by atoms with E-state index in [1.165, 1.54) is 37.0 Å². The summed E-state index contributed by atoms with van der Waals surface area (Å²) < 4.78 is 0. The van der Waals surface area contributed by atoms with Crippen LogP contribution in [0.3, 0.4) is 0 Å². The molecule has 2 rings (SSSR count). The van der Waals surface area contributed by atoms with Gasteiger partial charge in [-0.2, -0.15) is 11.8 Å². The summed E-state index contributed by atoms with van der Waals surface area (Å²) in [5.41, 5.74) is 1.47. The Morgan fingerprint density at radius 2 is 2.35 bits per heavy atom. The third-order valence-corrected chi connectivity index (χ3v) is 5.95. The Hall–Kier alpha value is 0.01000. The van der Waals surface area contributed by atoms with Crippen molar-refractivity contribution < 1.29 is 0 Å². The molecule has 17 heavy (non-hydrogen) atoms. The largest absolute Gasteiger partial charge is 0.308 e. The number of hydrogen-bond acceptors (Lipinski definition) is 3. The van der Waals surface area contributed by atoms with Gasteiger partial charge in [-0.1, -0.05) is 13.3 Å². The maximum atomic E-state index is 3.77. The maximum Gasteiger partial charge on any atom is 0.0538 e. The van der Waals surface area contributed by atoms with Crippen LogP contribution in [0.5, 0.6) is 0 Å². The van der Waals surface area contributed by atoms with Gasteiger partial charge in [0.25, 0.3) is 0 Å². The molecule has 1 aromatic heterocycles. The van der Waals surface area contributed by atoms with Crippen LogP contribution in [0.15, 0.2) is 11.4 Å². The number of thioether (sulfide) groups is 1. The second kappa shape index (κ2) is 6.81. The summed E-state index contributed by atoms with van der Waals surface area (Å²) in [6.45, 7) is 5.64. The molecule has 0 saturated carbocycles. The molecule has 0 amide bonds. The molecule has 1 aromatic rings. The summed E-state index contributed by atoms with van der Waals surface area (Å²) in [4.78, 5) is 1.57. The van der Waals surface area contributed by atoms with E-state index in [4.69, 9.17) is 0 Å². The van der Waals surface area contributed by atoms with Gasteiger partial charge in [-0.3, -0.25) is 0 Å². The molecule has 3 heteroatoms. The van der Waals surface area contributed by atoms with E-state index in [9.17, 15) is 0 Å². The number of hydrogen-bond donors (Lipinski definition) is 1. The molecule has 2 heterocycles. The summed E-state index contributed by atoms with van der Waals surface area (Å²) in [6.07, 6.45) is 5.42. The lowest BCUT2D eigenvalue weighted by atomic mass is 10.0. The standard InChI is InChI=1S/C14H23NS2/c1-3-8-15-13(12-6-4-5-9-16-12)14-11(2)7-10-17-14/h7,10,12-13,15H,3-6,8-9H2,1-2H3. The molecule has 1 N–H and O–H groups in total. The molecule has 96 valence electrons. The zero-order chi connectivity index (χ0) is 12.1. The molecule has 0 aromatic carbocycles. The van der Waals surface area contributed by atoms with E-state index in [1.54, 1.807) is 4.88 Å². The molecule has 0 radical (unpaired) electrons. The fraction of sp³-hybridized carbons (Fsp3) is 0.714. The molecule has 2 unspecified atom stereocenters. The van der Waals surface area contributed by atoms with E-state index in [0.717, 1.165) is 11.8 Å². The van der Waals surface area contributed by atoms with Gasteiger partial charge in [-0.15, -0.1) is 11.3 Å². The van der Waals surface area contributed by atoms with Crippen LogP contribution in [0.1, 0.15) is 49.1 Å². The topological polar surface area (TPSA) is 12.0 Å². The first-order valence-electron chi connectivity index (χ1n) is 6.72. The molecule has 1 aliphatic rings. The Kier molecular flexibility index (Phi) is 5.39. The van der Waals surface area contributed by atoms with Gasteiger partial charge in [0.1, 0.15) is 0 Å². The van der Waals surface area contributed by atoms with Gasteiger partial charge in [-0.25, -0.2) is 0 Å². The van der Waals surface area contributed by atoms with E-state index < -0.39 is 0 Å². The first-order chi connectivity index (χ1) is 8.33. The third-order valence-electron chi connectivity index (χ3n) is 3.39. The second-order valence-electron chi connectivity index (χ2n) is 4.80. The Morgan fingerprint density at radius 1 is 1.47 bits per heavy atom. The van der Waals surface area contributed by atoms with Crippen LogP contribution < -0.4 is 5.32 Å². The zero-order valence-electron chi connectivity index (χ0n) is 10.9. The van der Waals surface area contributed by atoms with Crippen molar-refractivity contribution in [3.05, 3.63) is 21.9 Å². The molecular weight excluding hydrogens is 246 g/mol. The van der Waals surface area contributed by atoms with Gasteiger partial charge in [0.05, 0.1) is 6.04 Å². The molecule has 0 aliphatic carbocycles. The monoisotopic (exact) mass is 269 g/mol. The average Bonchev–Trinajstić information content (AvgIpc) is 2.78. The molecule has 2 atom stereocenters. The van der Waals surface area contributed by atoms with E-state index in [2.05, 4.69) is 42.4 Å². The van der Waals surface area contributed by atoms with Crippen LogP contribution in [-0.4, -0.2) is 17.5 Å². The highest BCUT2D eigenvalue weighted by Gasteiger charge is 2.26. The molecule has 1 aliphatic heterocycles. The molecule has 1 saturated heterocycles. The molecule has 1 nitrogen and oxygen atoms in total. The Bertz CT molecular complexity index is 329. The van der Waals surface area contributed by atoms with Gasteiger partial charge in [0.2, 0.25) is 0 Å². The SMILES string of the molecule is CCCNC(c1sccc1C)C1CCCCS1. The third kappa shape index (κ3) is 3.49. The van der Waals surface area contributed by atoms with Crippen molar-refractivity contribution in [2.24, 2.45) is 0 Å². The minimum atomic E-state index is 0.584. The summed E-state index contributed by atoms with van der Waals surface area (Å²) in [5, 5.41) is 6.79. The minimum absolute atomic E-state index is 0.584. The van der Waals surface area contributed by atoms with Crippen LogP contribution in [0.4, 0.5) is 0 Å². The van der Waals surface area contributed by atoms with Crippen LogP contribution in [-0.2, 0) is 0 Å². The van der Waals surface area contributed by atoms with Crippen LogP contribution >= 0.6 is 23.1 Å². The van der Waals surface area contributed by atoms with Crippen molar-refractivity contribution in [1.82, 2.24) is 5.32 Å².